The van der Waals surface area contributed by atoms with Crippen molar-refractivity contribution in [2.24, 2.45) is 5.14 Å². The number of sulfonamides is 2. The zero-order valence-corrected chi connectivity index (χ0v) is 12.2. The van der Waals surface area contributed by atoms with Crippen LogP contribution in [0, 0.1) is 0 Å². The summed E-state index contributed by atoms with van der Waals surface area (Å²) in [5, 5.41) is 4.29. The lowest BCUT2D eigenvalue weighted by Crippen LogP contribution is -2.46. The van der Waals surface area contributed by atoms with Crippen LogP contribution in [0.25, 0.3) is 0 Å². The monoisotopic (exact) mass is 320 g/mol. The highest BCUT2D eigenvalue weighted by Crippen LogP contribution is 2.19. The number of nitrogens with two attached hydrogens (primary N) is 1. The van der Waals surface area contributed by atoms with Crippen LogP contribution in [-0.2, 0) is 24.8 Å². The number of rotatable bonds is 4. The minimum absolute atomic E-state index is 0.00486. The summed E-state index contributed by atoms with van der Waals surface area (Å²) in [6.45, 7) is 0.142. The number of hydrogen-bond donors (Lipinski definition) is 2. The fourth-order valence-electron chi connectivity index (χ4n) is 1.99. The van der Waals surface area contributed by atoms with Crippen LogP contribution >= 0.6 is 0 Å². The topological polar surface area (TPSA) is 116 Å². The molecule has 1 aliphatic rings. The van der Waals surface area contributed by atoms with Crippen LogP contribution in [0.5, 0.6) is 0 Å². The van der Waals surface area contributed by atoms with E-state index in [0.717, 1.165) is 0 Å². The molecule has 0 saturated carbocycles. The Hall–Kier alpha value is -1.00. The van der Waals surface area contributed by atoms with Crippen molar-refractivity contribution in [3.8, 4) is 0 Å². The normalized spacial score (nSPS) is 24.4. The van der Waals surface area contributed by atoms with Crippen LogP contribution in [0.2, 0.25) is 0 Å². The van der Waals surface area contributed by atoms with Gasteiger partial charge in [-0.2, -0.15) is 4.72 Å². The Morgan fingerprint density at radius 3 is 2.40 bits per heavy atom. The highest BCUT2D eigenvalue weighted by molar-refractivity contribution is 7.90. The molecule has 20 heavy (non-hydrogen) atoms. The molecule has 0 aliphatic carbocycles. The van der Waals surface area contributed by atoms with Crippen molar-refractivity contribution in [1.29, 1.82) is 0 Å². The van der Waals surface area contributed by atoms with Gasteiger partial charge in [0.25, 0.3) is 0 Å². The first-order valence-corrected chi connectivity index (χ1v) is 9.09. The Kier molecular flexibility index (Phi) is 4.45. The van der Waals surface area contributed by atoms with Gasteiger partial charge >= 0.3 is 0 Å². The Morgan fingerprint density at radius 1 is 1.15 bits per heavy atom. The van der Waals surface area contributed by atoms with Crippen molar-refractivity contribution in [2.45, 2.75) is 29.2 Å². The molecule has 3 N–H and O–H groups in total. The highest BCUT2D eigenvalue weighted by Gasteiger charge is 2.32. The van der Waals surface area contributed by atoms with E-state index in [4.69, 9.17) is 9.88 Å². The summed E-state index contributed by atoms with van der Waals surface area (Å²) in [4.78, 5) is 0.0985. The first-order chi connectivity index (χ1) is 9.29. The van der Waals surface area contributed by atoms with Crippen molar-refractivity contribution in [1.82, 2.24) is 4.72 Å². The number of ether oxygens (including phenoxy) is 1. The Bertz CT molecular complexity index is 657. The van der Waals surface area contributed by atoms with Crippen molar-refractivity contribution in [3.63, 3.8) is 0 Å². The fraction of sp³-hybridized carbons (Fsp3) is 0.455. The summed E-state index contributed by atoms with van der Waals surface area (Å²) >= 11 is 0. The zero-order valence-electron chi connectivity index (χ0n) is 10.6. The molecule has 1 aromatic rings. The van der Waals surface area contributed by atoms with Gasteiger partial charge in [-0.25, -0.2) is 22.0 Å². The number of benzene rings is 1. The third kappa shape index (κ3) is 3.76. The van der Waals surface area contributed by atoms with Gasteiger partial charge in [0.1, 0.15) is 6.23 Å². The molecular weight excluding hydrogens is 304 g/mol. The van der Waals surface area contributed by atoms with E-state index >= 15 is 0 Å². The molecule has 1 fully saturated rings. The van der Waals surface area contributed by atoms with Gasteiger partial charge < -0.3 is 4.74 Å². The van der Waals surface area contributed by atoms with E-state index in [2.05, 4.69) is 4.72 Å². The quantitative estimate of drug-likeness (QED) is 0.794. The molecule has 9 heteroatoms. The average Bonchev–Trinajstić information content (AvgIpc) is 2.38. The molecule has 0 radical (unpaired) electrons. The maximum Gasteiger partial charge on any atom is 0.242 e. The van der Waals surface area contributed by atoms with Crippen molar-refractivity contribution in [2.75, 3.05) is 6.61 Å². The van der Waals surface area contributed by atoms with Gasteiger partial charge in [-0.3, -0.25) is 0 Å². The second kappa shape index (κ2) is 5.78. The summed E-state index contributed by atoms with van der Waals surface area (Å²) in [5.74, 6) is 0. The minimum Gasteiger partial charge on any atom is -0.362 e. The third-order valence-corrected chi connectivity index (χ3v) is 5.86. The predicted molar refractivity (Wildman–Crippen MR) is 72.6 cm³/mol. The first kappa shape index (κ1) is 15.4. The molecule has 0 aromatic heterocycles. The summed E-state index contributed by atoms with van der Waals surface area (Å²) < 4.78 is 54.4. The lowest BCUT2D eigenvalue weighted by Gasteiger charge is -2.28. The van der Waals surface area contributed by atoms with Gasteiger partial charge in [-0.15, -0.1) is 0 Å². The number of nitrogens with one attached hydrogen (secondary N) is 1. The Balaban J connectivity index is 2.10. The fourth-order valence-corrected chi connectivity index (χ4v) is 4.02. The molecule has 112 valence electrons. The van der Waals surface area contributed by atoms with Gasteiger partial charge in [-0.1, -0.05) is 18.2 Å². The Labute approximate surface area is 118 Å². The van der Waals surface area contributed by atoms with Crippen LogP contribution in [0.3, 0.4) is 0 Å². The van der Waals surface area contributed by atoms with E-state index in [9.17, 15) is 16.8 Å². The molecule has 2 rings (SSSR count). The summed E-state index contributed by atoms with van der Waals surface area (Å²) in [6.07, 6.45) is -0.620. The zero-order chi connectivity index (χ0) is 14.8. The average molecular weight is 320 g/mol. The molecule has 0 spiro atoms. The van der Waals surface area contributed by atoms with E-state index < -0.39 is 31.5 Å². The van der Waals surface area contributed by atoms with Crippen LogP contribution < -0.4 is 9.86 Å². The summed E-state index contributed by atoms with van der Waals surface area (Å²) in [7, 11) is -7.43. The van der Waals surface area contributed by atoms with Crippen LogP contribution in [0.15, 0.2) is 35.2 Å². The van der Waals surface area contributed by atoms with E-state index in [1.54, 1.807) is 18.2 Å². The second-order valence-electron chi connectivity index (χ2n) is 4.53. The predicted octanol–water partition coefficient (Wildman–Crippen LogP) is -0.241. The van der Waals surface area contributed by atoms with Crippen molar-refractivity contribution < 1.29 is 21.6 Å². The van der Waals surface area contributed by atoms with E-state index in [-0.39, 0.29) is 24.3 Å². The molecule has 7 nitrogen and oxygen atoms in total. The largest absolute Gasteiger partial charge is 0.362 e. The highest BCUT2D eigenvalue weighted by atomic mass is 32.2. The van der Waals surface area contributed by atoms with E-state index in [0.29, 0.717) is 0 Å². The van der Waals surface area contributed by atoms with Gasteiger partial charge in [0.2, 0.25) is 20.0 Å². The molecule has 1 heterocycles. The van der Waals surface area contributed by atoms with Gasteiger partial charge in [0.05, 0.1) is 10.1 Å². The van der Waals surface area contributed by atoms with Crippen molar-refractivity contribution in [3.05, 3.63) is 30.3 Å². The molecule has 2 atom stereocenters. The van der Waals surface area contributed by atoms with Gasteiger partial charge in [0.15, 0.2) is 0 Å². The standard InChI is InChI=1S/C11H16N2O5S2/c12-19(14,15)10-6-7-18-11(8-10)13-20(16,17)9-4-2-1-3-5-9/h1-5,10-11,13H,6-8H2,(H2,12,14,15). The maximum absolute atomic E-state index is 12.1. The first-order valence-electron chi connectivity index (χ1n) is 5.99. The molecule has 0 bridgehead atoms. The SMILES string of the molecule is NS(=O)(=O)C1CCOC(NS(=O)(=O)c2ccccc2)C1. The van der Waals surface area contributed by atoms with Crippen LogP contribution in [-0.4, -0.2) is 34.9 Å². The Morgan fingerprint density at radius 2 is 1.80 bits per heavy atom. The molecule has 1 aromatic carbocycles. The third-order valence-electron chi connectivity index (χ3n) is 3.04. The van der Waals surface area contributed by atoms with Crippen molar-refractivity contribution >= 4 is 20.0 Å². The van der Waals surface area contributed by atoms with Crippen LogP contribution in [0.1, 0.15) is 12.8 Å². The molecular formula is C11H16N2O5S2. The second-order valence-corrected chi connectivity index (χ2v) is 8.09. The van der Waals surface area contributed by atoms with E-state index in [1.807, 2.05) is 0 Å². The minimum atomic E-state index is -3.74. The summed E-state index contributed by atoms with van der Waals surface area (Å²) in [6, 6.07) is 7.80. The van der Waals surface area contributed by atoms with E-state index in [1.165, 1.54) is 12.1 Å². The lowest BCUT2D eigenvalue weighted by molar-refractivity contribution is 0.0111. The smallest absolute Gasteiger partial charge is 0.242 e. The number of hydrogen-bond acceptors (Lipinski definition) is 5. The number of primary sulfonamides is 1. The molecule has 2 unspecified atom stereocenters. The van der Waals surface area contributed by atoms with Gasteiger partial charge in [-0.05, 0) is 18.6 Å². The molecule has 1 aliphatic heterocycles. The maximum atomic E-state index is 12.1. The summed E-state index contributed by atoms with van der Waals surface area (Å²) in [5.41, 5.74) is 0. The van der Waals surface area contributed by atoms with Gasteiger partial charge in [0, 0.05) is 13.0 Å². The molecule has 0 amide bonds. The lowest BCUT2D eigenvalue weighted by atomic mass is 10.2. The van der Waals surface area contributed by atoms with Crippen LogP contribution in [0.4, 0.5) is 0 Å². The molecule has 1 saturated heterocycles.